The average Bonchev–Trinajstić information content (AvgIpc) is 2.17. The number of alkyl halides is 1. The monoisotopic (exact) mass is 312 g/mol. The van der Waals surface area contributed by atoms with Crippen LogP contribution in [0.25, 0.3) is 0 Å². The molecular formula is C9H10BrClO3S. The van der Waals surface area contributed by atoms with E-state index in [2.05, 4.69) is 15.9 Å². The Morgan fingerprint density at radius 1 is 1.33 bits per heavy atom. The summed E-state index contributed by atoms with van der Waals surface area (Å²) in [4.78, 5) is 0.103. The van der Waals surface area contributed by atoms with Crippen molar-refractivity contribution in [2.45, 2.75) is 22.6 Å². The lowest BCUT2D eigenvalue weighted by molar-refractivity contribution is 0.208. The normalized spacial score (nSPS) is 16.0. The van der Waals surface area contributed by atoms with Gasteiger partial charge in [0.1, 0.15) is 0 Å². The zero-order chi connectivity index (χ0) is 11.6. The van der Waals surface area contributed by atoms with Crippen molar-refractivity contribution in [3.05, 3.63) is 28.7 Å². The quantitative estimate of drug-likeness (QED) is 0.870. The highest BCUT2D eigenvalue weighted by molar-refractivity contribution is 9.10. The fourth-order valence-electron chi connectivity index (χ4n) is 1.01. The molecule has 0 radical (unpaired) electrons. The summed E-state index contributed by atoms with van der Waals surface area (Å²) in [6.45, 7) is 1.34. The van der Waals surface area contributed by atoms with Crippen LogP contribution in [0.15, 0.2) is 33.6 Å². The molecule has 6 heteroatoms. The van der Waals surface area contributed by atoms with Crippen molar-refractivity contribution in [2.75, 3.05) is 0 Å². The number of hydrogen-bond donors (Lipinski definition) is 1. The number of aliphatic hydroxyl groups excluding tert-OH is 1. The molecule has 0 saturated carbocycles. The summed E-state index contributed by atoms with van der Waals surface area (Å²) in [5, 5.41) is 9.15. The zero-order valence-electron chi connectivity index (χ0n) is 7.89. The molecule has 84 valence electrons. The molecule has 2 unspecified atom stereocenters. The summed E-state index contributed by atoms with van der Waals surface area (Å²) >= 11 is 8.83. The second kappa shape index (κ2) is 4.82. The number of aliphatic hydroxyl groups is 1. The van der Waals surface area contributed by atoms with Crippen molar-refractivity contribution in [1.29, 1.82) is 0 Å². The van der Waals surface area contributed by atoms with Gasteiger partial charge in [0.25, 0.3) is 0 Å². The first-order chi connectivity index (χ1) is 6.85. The first-order valence-corrected chi connectivity index (χ1v) is 6.95. The molecule has 0 amide bonds. The van der Waals surface area contributed by atoms with Crippen molar-refractivity contribution < 1.29 is 13.5 Å². The number of sulfone groups is 1. The second-order valence-corrected chi connectivity index (χ2v) is 6.80. The van der Waals surface area contributed by atoms with Crippen molar-refractivity contribution in [3.8, 4) is 0 Å². The third-order valence-corrected chi connectivity index (χ3v) is 5.33. The molecule has 1 aromatic rings. The third-order valence-electron chi connectivity index (χ3n) is 1.82. The van der Waals surface area contributed by atoms with Crippen molar-refractivity contribution in [3.63, 3.8) is 0 Å². The highest BCUT2D eigenvalue weighted by atomic mass is 79.9. The molecule has 15 heavy (non-hydrogen) atoms. The standard InChI is InChI=1S/C9H10BrClO3S/c1-6(12)9(11)15(13,14)8-4-2-7(10)3-5-8/h2-6,9,12H,1H3. The number of benzene rings is 1. The van der Waals surface area contributed by atoms with Crippen LogP contribution in [0.4, 0.5) is 0 Å². The van der Waals surface area contributed by atoms with Crippen molar-refractivity contribution in [1.82, 2.24) is 0 Å². The van der Waals surface area contributed by atoms with E-state index < -0.39 is 20.7 Å². The van der Waals surface area contributed by atoms with E-state index in [1.54, 1.807) is 12.1 Å². The van der Waals surface area contributed by atoms with Gasteiger partial charge in [-0.3, -0.25) is 0 Å². The van der Waals surface area contributed by atoms with Gasteiger partial charge in [0.15, 0.2) is 14.5 Å². The van der Waals surface area contributed by atoms with Gasteiger partial charge in [-0.25, -0.2) is 8.42 Å². The molecule has 0 heterocycles. The maximum atomic E-state index is 11.8. The number of halogens is 2. The Bertz CT molecular complexity index is 427. The Hall–Kier alpha value is -0.100. The second-order valence-electron chi connectivity index (χ2n) is 3.09. The third kappa shape index (κ3) is 2.93. The number of rotatable bonds is 3. The van der Waals surface area contributed by atoms with E-state index in [1.165, 1.54) is 19.1 Å². The molecule has 0 fully saturated rings. The van der Waals surface area contributed by atoms with Gasteiger partial charge in [-0.1, -0.05) is 15.9 Å². The lowest BCUT2D eigenvalue weighted by Gasteiger charge is -2.13. The maximum absolute atomic E-state index is 11.8. The molecule has 3 nitrogen and oxygen atoms in total. The van der Waals surface area contributed by atoms with E-state index in [9.17, 15) is 8.42 Å². The molecule has 2 atom stereocenters. The summed E-state index contributed by atoms with van der Waals surface area (Å²) in [5.74, 6) is 0. The van der Waals surface area contributed by atoms with Gasteiger partial charge < -0.3 is 5.11 Å². The molecule has 0 saturated heterocycles. The van der Waals surface area contributed by atoms with E-state index in [0.29, 0.717) is 0 Å². The van der Waals surface area contributed by atoms with Crippen LogP contribution >= 0.6 is 27.5 Å². The highest BCUT2D eigenvalue weighted by Gasteiger charge is 2.29. The number of hydrogen-bond acceptors (Lipinski definition) is 3. The van der Waals surface area contributed by atoms with Crippen LogP contribution in [0.2, 0.25) is 0 Å². The van der Waals surface area contributed by atoms with E-state index in [1.807, 2.05) is 0 Å². The maximum Gasteiger partial charge on any atom is 0.197 e. The molecule has 0 spiro atoms. The smallest absolute Gasteiger partial charge is 0.197 e. The lowest BCUT2D eigenvalue weighted by Crippen LogP contribution is -2.26. The summed E-state index contributed by atoms with van der Waals surface area (Å²) in [6.07, 6.45) is -1.11. The summed E-state index contributed by atoms with van der Waals surface area (Å²) in [6, 6.07) is 6.10. The predicted octanol–water partition coefficient (Wildman–Crippen LogP) is 2.17. The van der Waals surface area contributed by atoms with Gasteiger partial charge in [0.2, 0.25) is 0 Å². The predicted molar refractivity (Wildman–Crippen MR) is 62.6 cm³/mol. The van der Waals surface area contributed by atoms with Gasteiger partial charge >= 0.3 is 0 Å². The summed E-state index contributed by atoms with van der Waals surface area (Å²) < 4.78 is 23.0. The van der Waals surface area contributed by atoms with Crippen LogP contribution in [-0.4, -0.2) is 24.3 Å². The van der Waals surface area contributed by atoms with Gasteiger partial charge in [-0.2, -0.15) is 0 Å². The fourth-order valence-corrected chi connectivity index (χ4v) is 2.88. The van der Waals surface area contributed by atoms with Gasteiger partial charge in [-0.05, 0) is 31.2 Å². The minimum Gasteiger partial charge on any atom is -0.391 e. The van der Waals surface area contributed by atoms with E-state index >= 15 is 0 Å². The molecular weight excluding hydrogens is 304 g/mol. The Kier molecular flexibility index (Phi) is 4.17. The Balaban J connectivity index is 3.12. The topological polar surface area (TPSA) is 54.4 Å². The van der Waals surface area contributed by atoms with Crippen LogP contribution in [0.1, 0.15) is 6.92 Å². The van der Waals surface area contributed by atoms with Gasteiger partial charge in [-0.15, -0.1) is 11.6 Å². The first-order valence-electron chi connectivity index (χ1n) is 4.17. The minimum absolute atomic E-state index is 0.103. The van der Waals surface area contributed by atoms with Crippen LogP contribution < -0.4 is 0 Å². The molecule has 1 aromatic carbocycles. The summed E-state index contributed by atoms with van der Waals surface area (Å²) in [5.41, 5.74) is 0. The SMILES string of the molecule is CC(O)C(Cl)S(=O)(=O)c1ccc(Br)cc1. The molecule has 0 aliphatic carbocycles. The fraction of sp³-hybridized carbons (Fsp3) is 0.333. The Morgan fingerprint density at radius 2 is 1.80 bits per heavy atom. The van der Waals surface area contributed by atoms with Gasteiger partial charge in [0, 0.05) is 4.47 Å². The van der Waals surface area contributed by atoms with E-state index in [-0.39, 0.29) is 4.90 Å². The van der Waals surface area contributed by atoms with E-state index in [4.69, 9.17) is 16.7 Å². The summed E-state index contributed by atoms with van der Waals surface area (Å²) in [7, 11) is -3.66. The largest absolute Gasteiger partial charge is 0.391 e. The van der Waals surface area contributed by atoms with E-state index in [0.717, 1.165) is 4.47 Å². The van der Waals surface area contributed by atoms with Crippen molar-refractivity contribution >= 4 is 37.4 Å². The lowest BCUT2D eigenvalue weighted by atomic mass is 10.4. The molecule has 0 aliphatic rings. The van der Waals surface area contributed by atoms with Crippen molar-refractivity contribution in [2.24, 2.45) is 0 Å². The average molecular weight is 314 g/mol. The molecule has 1 N–H and O–H groups in total. The van der Waals surface area contributed by atoms with Crippen LogP contribution in [0.5, 0.6) is 0 Å². The molecule has 0 aliphatic heterocycles. The Labute approximate surface area is 102 Å². The zero-order valence-corrected chi connectivity index (χ0v) is 11.1. The minimum atomic E-state index is -3.66. The first kappa shape index (κ1) is 13.0. The molecule has 0 aromatic heterocycles. The highest BCUT2D eigenvalue weighted by Crippen LogP contribution is 2.22. The molecule has 1 rings (SSSR count). The van der Waals surface area contributed by atoms with Crippen LogP contribution in [-0.2, 0) is 9.84 Å². The molecule has 0 bridgehead atoms. The van der Waals surface area contributed by atoms with Crippen LogP contribution in [0.3, 0.4) is 0 Å². The Morgan fingerprint density at radius 3 is 2.20 bits per heavy atom. The van der Waals surface area contributed by atoms with Gasteiger partial charge in [0.05, 0.1) is 11.0 Å². The van der Waals surface area contributed by atoms with Crippen LogP contribution in [0, 0.1) is 0 Å².